The van der Waals surface area contributed by atoms with E-state index in [4.69, 9.17) is 4.74 Å². The van der Waals surface area contributed by atoms with E-state index in [2.05, 4.69) is 0 Å². The van der Waals surface area contributed by atoms with Crippen LogP contribution in [0.4, 0.5) is 0 Å². The van der Waals surface area contributed by atoms with Crippen LogP contribution in [0, 0.1) is 0 Å². The molecule has 0 aliphatic carbocycles. The lowest BCUT2D eigenvalue weighted by atomic mass is 10.1. The number of methoxy groups -OCH3 is 1. The maximum atomic E-state index is 11.3. The van der Waals surface area contributed by atoms with E-state index in [1.807, 2.05) is 20.8 Å². The van der Waals surface area contributed by atoms with Crippen LogP contribution in [0.5, 0.6) is 0 Å². The van der Waals surface area contributed by atoms with E-state index in [1.54, 1.807) is 19.3 Å². The third-order valence-electron chi connectivity index (χ3n) is 1.69. The zero-order valence-corrected chi connectivity index (χ0v) is 8.18. The minimum absolute atomic E-state index is 0.0621. The lowest BCUT2D eigenvalue weighted by Crippen LogP contribution is -2.01. The second kappa shape index (κ2) is 5.72. The Morgan fingerprint density at radius 1 is 1.42 bits per heavy atom. The van der Waals surface area contributed by atoms with Crippen molar-refractivity contribution in [1.29, 1.82) is 0 Å². The Morgan fingerprint density at radius 2 is 2.00 bits per heavy atom. The summed E-state index contributed by atoms with van der Waals surface area (Å²) in [4.78, 5) is 11.3. The Hall–Kier alpha value is -0.890. The van der Waals surface area contributed by atoms with Crippen LogP contribution >= 0.6 is 0 Å². The predicted octanol–water partition coefficient (Wildman–Crippen LogP) is 2.11. The molecule has 68 valence electrons. The summed E-state index contributed by atoms with van der Waals surface area (Å²) in [7, 11) is 1.62. The summed E-state index contributed by atoms with van der Waals surface area (Å²) < 4.78 is 4.92. The van der Waals surface area contributed by atoms with Crippen molar-refractivity contribution in [2.75, 3.05) is 13.7 Å². The van der Waals surface area contributed by atoms with Crippen LogP contribution in [-0.4, -0.2) is 19.5 Å². The highest BCUT2D eigenvalue weighted by atomic mass is 16.5. The molecule has 0 N–H and O–H groups in total. The summed E-state index contributed by atoms with van der Waals surface area (Å²) in [5.74, 6) is 0.0621. The zero-order chi connectivity index (χ0) is 9.56. The Morgan fingerprint density at radius 3 is 2.42 bits per heavy atom. The molecule has 0 atom stereocenters. The van der Waals surface area contributed by atoms with Crippen LogP contribution in [0.3, 0.4) is 0 Å². The van der Waals surface area contributed by atoms with Gasteiger partial charge in [-0.1, -0.05) is 6.08 Å². The van der Waals surface area contributed by atoms with E-state index in [-0.39, 0.29) is 5.78 Å². The van der Waals surface area contributed by atoms with E-state index < -0.39 is 0 Å². The molecule has 0 aliphatic rings. The van der Waals surface area contributed by atoms with E-state index in [0.29, 0.717) is 6.61 Å². The molecule has 2 nitrogen and oxygen atoms in total. The lowest BCUT2D eigenvalue weighted by Gasteiger charge is -2.02. The summed E-state index contributed by atoms with van der Waals surface area (Å²) >= 11 is 0. The molecule has 0 radical (unpaired) electrons. The third kappa shape index (κ3) is 3.49. The van der Waals surface area contributed by atoms with Gasteiger partial charge in [-0.3, -0.25) is 4.79 Å². The molecular formula is C10H16O2. The van der Waals surface area contributed by atoms with Crippen molar-refractivity contribution in [3.8, 4) is 0 Å². The molecule has 0 aliphatic heterocycles. The maximum absolute atomic E-state index is 11.3. The molecule has 0 amide bonds. The SMILES string of the molecule is C/C=C\C(=O)/C(C)=C(/C)COC. The molecule has 0 aromatic heterocycles. The van der Waals surface area contributed by atoms with Crippen molar-refractivity contribution in [2.45, 2.75) is 20.8 Å². The van der Waals surface area contributed by atoms with Crippen LogP contribution in [0.2, 0.25) is 0 Å². The van der Waals surface area contributed by atoms with Gasteiger partial charge in [0.2, 0.25) is 0 Å². The fourth-order valence-electron chi connectivity index (χ4n) is 0.811. The lowest BCUT2D eigenvalue weighted by molar-refractivity contribution is -0.111. The van der Waals surface area contributed by atoms with E-state index in [0.717, 1.165) is 11.1 Å². The van der Waals surface area contributed by atoms with E-state index in [1.165, 1.54) is 0 Å². The van der Waals surface area contributed by atoms with Gasteiger partial charge in [0.25, 0.3) is 0 Å². The standard InChI is InChI=1S/C10H16O2/c1-5-6-10(11)9(3)8(2)7-12-4/h5-6H,7H2,1-4H3/b6-5-,9-8-. The maximum Gasteiger partial charge on any atom is 0.181 e. The highest BCUT2D eigenvalue weighted by Gasteiger charge is 2.02. The molecule has 0 rings (SSSR count). The second-order valence-electron chi connectivity index (χ2n) is 2.70. The summed E-state index contributed by atoms with van der Waals surface area (Å²) in [6, 6.07) is 0. The van der Waals surface area contributed by atoms with Crippen LogP contribution in [-0.2, 0) is 9.53 Å². The quantitative estimate of drug-likeness (QED) is 0.601. The van der Waals surface area contributed by atoms with Crippen LogP contribution in [0.25, 0.3) is 0 Å². The Balaban J connectivity index is 4.42. The van der Waals surface area contributed by atoms with E-state index >= 15 is 0 Å². The molecule has 0 saturated heterocycles. The van der Waals surface area contributed by atoms with E-state index in [9.17, 15) is 4.79 Å². The van der Waals surface area contributed by atoms with Crippen molar-refractivity contribution in [3.05, 3.63) is 23.3 Å². The molecule has 0 fully saturated rings. The molecule has 0 bridgehead atoms. The van der Waals surface area contributed by atoms with Gasteiger partial charge in [0.15, 0.2) is 5.78 Å². The topological polar surface area (TPSA) is 26.3 Å². The first-order valence-corrected chi connectivity index (χ1v) is 3.95. The van der Waals surface area contributed by atoms with Crippen molar-refractivity contribution in [1.82, 2.24) is 0 Å². The summed E-state index contributed by atoms with van der Waals surface area (Å²) in [5, 5.41) is 0. The summed E-state index contributed by atoms with van der Waals surface area (Å²) in [5.41, 5.74) is 1.76. The first kappa shape index (κ1) is 11.1. The molecule has 2 heteroatoms. The van der Waals surface area contributed by atoms with Crippen molar-refractivity contribution in [3.63, 3.8) is 0 Å². The number of allylic oxidation sites excluding steroid dienone is 3. The Kier molecular flexibility index (Phi) is 5.30. The largest absolute Gasteiger partial charge is 0.380 e. The van der Waals surface area contributed by atoms with Gasteiger partial charge in [0.1, 0.15) is 0 Å². The Bertz CT molecular complexity index is 212. The first-order chi connectivity index (χ1) is 5.63. The average molecular weight is 168 g/mol. The smallest absolute Gasteiger partial charge is 0.181 e. The molecule has 0 unspecified atom stereocenters. The molecule has 0 aromatic rings. The fourth-order valence-corrected chi connectivity index (χ4v) is 0.811. The number of carbonyl (C=O) groups excluding carboxylic acids is 1. The fraction of sp³-hybridized carbons (Fsp3) is 0.500. The number of hydrogen-bond acceptors (Lipinski definition) is 2. The first-order valence-electron chi connectivity index (χ1n) is 3.95. The minimum Gasteiger partial charge on any atom is -0.380 e. The van der Waals surface area contributed by atoms with Gasteiger partial charge in [0.05, 0.1) is 6.61 Å². The highest BCUT2D eigenvalue weighted by molar-refractivity contribution is 6.03. The normalized spacial score (nSPS) is 13.3. The number of ether oxygens (including phenoxy) is 1. The molecule has 0 aromatic carbocycles. The van der Waals surface area contributed by atoms with Gasteiger partial charge in [-0.25, -0.2) is 0 Å². The van der Waals surface area contributed by atoms with Crippen LogP contribution in [0.15, 0.2) is 23.3 Å². The van der Waals surface area contributed by atoms with Gasteiger partial charge < -0.3 is 4.74 Å². The van der Waals surface area contributed by atoms with Gasteiger partial charge in [-0.15, -0.1) is 0 Å². The van der Waals surface area contributed by atoms with Crippen molar-refractivity contribution < 1.29 is 9.53 Å². The monoisotopic (exact) mass is 168 g/mol. The van der Waals surface area contributed by atoms with Gasteiger partial charge in [-0.2, -0.15) is 0 Å². The minimum atomic E-state index is 0.0621. The molecule has 0 heterocycles. The van der Waals surface area contributed by atoms with Crippen molar-refractivity contribution in [2.24, 2.45) is 0 Å². The highest BCUT2D eigenvalue weighted by Crippen LogP contribution is 2.05. The molecular weight excluding hydrogens is 152 g/mol. The summed E-state index contributed by atoms with van der Waals surface area (Å²) in [6.45, 7) is 6.07. The number of rotatable bonds is 4. The van der Waals surface area contributed by atoms with Crippen LogP contribution in [0.1, 0.15) is 20.8 Å². The Labute approximate surface area is 73.9 Å². The number of hydrogen-bond donors (Lipinski definition) is 0. The molecule has 0 spiro atoms. The van der Waals surface area contributed by atoms with Gasteiger partial charge in [0, 0.05) is 7.11 Å². The molecule has 12 heavy (non-hydrogen) atoms. The summed E-state index contributed by atoms with van der Waals surface area (Å²) in [6.07, 6.45) is 3.31. The van der Waals surface area contributed by atoms with Gasteiger partial charge >= 0.3 is 0 Å². The van der Waals surface area contributed by atoms with Crippen molar-refractivity contribution >= 4 is 5.78 Å². The molecule has 0 saturated carbocycles. The number of ketones is 1. The van der Waals surface area contributed by atoms with Gasteiger partial charge in [-0.05, 0) is 38.0 Å². The van der Waals surface area contributed by atoms with Crippen LogP contribution < -0.4 is 0 Å². The second-order valence-corrected chi connectivity index (χ2v) is 2.70. The zero-order valence-electron chi connectivity index (χ0n) is 8.18. The third-order valence-corrected chi connectivity index (χ3v) is 1.69. The average Bonchev–Trinajstić information content (AvgIpc) is 2.04. The predicted molar refractivity (Wildman–Crippen MR) is 50.1 cm³/mol. The number of carbonyl (C=O) groups is 1.